The van der Waals surface area contributed by atoms with Gasteiger partial charge in [0.15, 0.2) is 6.61 Å². The lowest BCUT2D eigenvalue weighted by molar-refractivity contribution is -0.133. The van der Waals surface area contributed by atoms with Crippen LogP contribution in [0.25, 0.3) is 0 Å². The molecular formula is C16H23BrN2O2. The van der Waals surface area contributed by atoms with Gasteiger partial charge in [0, 0.05) is 23.6 Å². The SMILES string of the molecule is CCNCc1cc(OCC(=O)N(CC)C2CC2)ccc1Br. The van der Waals surface area contributed by atoms with Gasteiger partial charge >= 0.3 is 0 Å². The van der Waals surface area contributed by atoms with Gasteiger partial charge in [0.2, 0.25) is 0 Å². The zero-order chi connectivity index (χ0) is 15.2. The number of amides is 1. The molecule has 116 valence electrons. The van der Waals surface area contributed by atoms with Crippen LogP contribution in [0.1, 0.15) is 32.3 Å². The summed E-state index contributed by atoms with van der Waals surface area (Å²) in [5.41, 5.74) is 1.14. The molecule has 0 atom stereocenters. The van der Waals surface area contributed by atoms with E-state index in [1.165, 1.54) is 0 Å². The molecule has 0 radical (unpaired) electrons. The molecule has 2 rings (SSSR count). The van der Waals surface area contributed by atoms with Crippen molar-refractivity contribution in [1.29, 1.82) is 0 Å². The van der Waals surface area contributed by atoms with Gasteiger partial charge in [0.25, 0.3) is 5.91 Å². The van der Waals surface area contributed by atoms with Crippen molar-refractivity contribution in [2.45, 2.75) is 39.3 Å². The number of hydrogen-bond acceptors (Lipinski definition) is 3. The lowest BCUT2D eigenvalue weighted by Crippen LogP contribution is -2.36. The molecule has 5 heteroatoms. The lowest BCUT2D eigenvalue weighted by Gasteiger charge is -2.20. The van der Waals surface area contributed by atoms with Crippen LogP contribution in [-0.2, 0) is 11.3 Å². The Labute approximate surface area is 135 Å². The van der Waals surface area contributed by atoms with Crippen LogP contribution in [0.3, 0.4) is 0 Å². The van der Waals surface area contributed by atoms with Crippen LogP contribution in [0.2, 0.25) is 0 Å². The monoisotopic (exact) mass is 354 g/mol. The average molecular weight is 355 g/mol. The number of nitrogens with zero attached hydrogens (tertiary/aromatic N) is 1. The maximum Gasteiger partial charge on any atom is 0.260 e. The first-order valence-electron chi connectivity index (χ1n) is 7.57. The molecule has 1 N–H and O–H groups in total. The minimum absolute atomic E-state index is 0.0798. The third-order valence-corrected chi connectivity index (χ3v) is 4.37. The van der Waals surface area contributed by atoms with Crippen molar-refractivity contribution in [1.82, 2.24) is 10.2 Å². The fraction of sp³-hybridized carbons (Fsp3) is 0.562. The van der Waals surface area contributed by atoms with E-state index in [4.69, 9.17) is 4.74 Å². The molecular weight excluding hydrogens is 332 g/mol. The number of nitrogens with one attached hydrogen (secondary N) is 1. The van der Waals surface area contributed by atoms with Gasteiger partial charge in [-0.2, -0.15) is 0 Å². The summed E-state index contributed by atoms with van der Waals surface area (Å²) in [6.45, 7) is 6.67. The second kappa shape index (κ2) is 7.80. The summed E-state index contributed by atoms with van der Waals surface area (Å²) >= 11 is 3.53. The van der Waals surface area contributed by atoms with E-state index in [1.807, 2.05) is 30.0 Å². The quantitative estimate of drug-likeness (QED) is 0.780. The van der Waals surface area contributed by atoms with Crippen LogP contribution in [0.4, 0.5) is 0 Å². The van der Waals surface area contributed by atoms with Gasteiger partial charge in [-0.1, -0.05) is 22.9 Å². The molecule has 0 aromatic heterocycles. The van der Waals surface area contributed by atoms with Gasteiger partial charge in [-0.3, -0.25) is 4.79 Å². The third-order valence-electron chi connectivity index (χ3n) is 3.59. The second-order valence-electron chi connectivity index (χ2n) is 5.23. The Morgan fingerprint density at radius 2 is 2.19 bits per heavy atom. The Balaban J connectivity index is 1.91. The maximum absolute atomic E-state index is 12.1. The summed E-state index contributed by atoms with van der Waals surface area (Å²) in [5, 5.41) is 3.29. The van der Waals surface area contributed by atoms with E-state index >= 15 is 0 Å². The minimum Gasteiger partial charge on any atom is -0.484 e. The Morgan fingerprint density at radius 1 is 1.43 bits per heavy atom. The zero-order valence-corrected chi connectivity index (χ0v) is 14.3. The first-order chi connectivity index (χ1) is 10.2. The predicted molar refractivity (Wildman–Crippen MR) is 87.4 cm³/mol. The number of ether oxygens (including phenoxy) is 1. The van der Waals surface area contributed by atoms with E-state index in [0.717, 1.165) is 48.3 Å². The molecule has 1 saturated carbocycles. The molecule has 0 spiro atoms. The molecule has 1 amide bonds. The minimum atomic E-state index is 0.0798. The summed E-state index contributed by atoms with van der Waals surface area (Å²) in [5.74, 6) is 0.822. The number of hydrogen-bond donors (Lipinski definition) is 1. The van der Waals surface area contributed by atoms with Crippen molar-refractivity contribution in [3.8, 4) is 5.75 Å². The zero-order valence-electron chi connectivity index (χ0n) is 12.7. The van der Waals surface area contributed by atoms with Gasteiger partial charge in [-0.25, -0.2) is 0 Å². The number of halogens is 1. The molecule has 0 bridgehead atoms. The highest BCUT2D eigenvalue weighted by Crippen LogP contribution is 2.27. The van der Waals surface area contributed by atoms with Crippen LogP contribution in [0, 0.1) is 0 Å². The molecule has 0 saturated heterocycles. The normalized spacial score (nSPS) is 14.0. The summed E-state index contributed by atoms with van der Waals surface area (Å²) in [7, 11) is 0. The van der Waals surface area contributed by atoms with E-state index in [0.29, 0.717) is 6.04 Å². The first kappa shape index (κ1) is 16.3. The van der Waals surface area contributed by atoms with E-state index in [9.17, 15) is 4.79 Å². The van der Waals surface area contributed by atoms with Crippen molar-refractivity contribution in [2.75, 3.05) is 19.7 Å². The van der Waals surface area contributed by atoms with Crippen molar-refractivity contribution in [3.05, 3.63) is 28.2 Å². The largest absolute Gasteiger partial charge is 0.484 e. The number of likely N-dealkylation sites (N-methyl/N-ethyl adjacent to an activating group) is 1. The first-order valence-corrected chi connectivity index (χ1v) is 8.36. The summed E-state index contributed by atoms with van der Waals surface area (Å²) in [6, 6.07) is 6.28. The third kappa shape index (κ3) is 4.71. The van der Waals surface area contributed by atoms with E-state index < -0.39 is 0 Å². The highest BCUT2D eigenvalue weighted by atomic mass is 79.9. The van der Waals surface area contributed by atoms with Crippen LogP contribution in [-0.4, -0.2) is 36.5 Å². The maximum atomic E-state index is 12.1. The van der Waals surface area contributed by atoms with Gasteiger partial charge in [-0.15, -0.1) is 0 Å². The molecule has 1 aromatic carbocycles. The molecule has 0 aliphatic heterocycles. The van der Waals surface area contributed by atoms with Crippen molar-refractivity contribution in [3.63, 3.8) is 0 Å². The Morgan fingerprint density at radius 3 is 2.81 bits per heavy atom. The number of carbonyl (C=O) groups is 1. The van der Waals surface area contributed by atoms with Crippen molar-refractivity contribution < 1.29 is 9.53 Å². The average Bonchev–Trinajstić information content (AvgIpc) is 3.30. The molecule has 21 heavy (non-hydrogen) atoms. The summed E-state index contributed by atoms with van der Waals surface area (Å²) in [6.07, 6.45) is 2.26. The Bertz CT molecular complexity index is 489. The Kier molecular flexibility index (Phi) is 6.06. The van der Waals surface area contributed by atoms with Crippen LogP contribution in [0.15, 0.2) is 22.7 Å². The fourth-order valence-electron chi connectivity index (χ4n) is 2.29. The number of benzene rings is 1. The van der Waals surface area contributed by atoms with Gasteiger partial charge in [-0.05, 0) is 50.1 Å². The molecule has 1 aliphatic rings. The molecule has 1 aromatic rings. The standard InChI is InChI=1S/C16H23BrN2O2/c1-3-18-10-12-9-14(7-8-15(12)17)21-11-16(20)19(4-2)13-5-6-13/h7-9,13,18H,3-6,10-11H2,1-2H3. The second-order valence-corrected chi connectivity index (χ2v) is 6.09. The van der Waals surface area contributed by atoms with Crippen molar-refractivity contribution >= 4 is 21.8 Å². The van der Waals surface area contributed by atoms with Crippen LogP contribution < -0.4 is 10.1 Å². The lowest BCUT2D eigenvalue weighted by atomic mass is 10.2. The summed E-state index contributed by atoms with van der Waals surface area (Å²) in [4.78, 5) is 14.0. The highest BCUT2D eigenvalue weighted by molar-refractivity contribution is 9.10. The van der Waals surface area contributed by atoms with Crippen LogP contribution >= 0.6 is 15.9 Å². The molecule has 1 fully saturated rings. The fourth-order valence-corrected chi connectivity index (χ4v) is 2.68. The predicted octanol–water partition coefficient (Wildman–Crippen LogP) is 2.95. The molecule has 4 nitrogen and oxygen atoms in total. The molecule has 0 heterocycles. The summed E-state index contributed by atoms with van der Waals surface area (Å²) < 4.78 is 6.72. The Hall–Kier alpha value is -1.07. The topological polar surface area (TPSA) is 41.6 Å². The van der Waals surface area contributed by atoms with Crippen molar-refractivity contribution in [2.24, 2.45) is 0 Å². The van der Waals surface area contributed by atoms with Gasteiger partial charge < -0.3 is 15.0 Å². The van der Waals surface area contributed by atoms with E-state index in [-0.39, 0.29) is 12.5 Å². The number of carbonyl (C=O) groups excluding carboxylic acids is 1. The van der Waals surface area contributed by atoms with E-state index in [1.54, 1.807) is 0 Å². The van der Waals surface area contributed by atoms with Gasteiger partial charge in [0.1, 0.15) is 5.75 Å². The van der Waals surface area contributed by atoms with Crippen LogP contribution in [0.5, 0.6) is 5.75 Å². The highest BCUT2D eigenvalue weighted by Gasteiger charge is 2.31. The van der Waals surface area contributed by atoms with E-state index in [2.05, 4.69) is 28.2 Å². The smallest absolute Gasteiger partial charge is 0.260 e. The number of rotatable bonds is 8. The molecule has 1 aliphatic carbocycles. The van der Waals surface area contributed by atoms with Gasteiger partial charge in [0.05, 0.1) is 0 Å². The molecule has 0 unspecified atom stereocenters.